The van der Waals surface area contributed by atoms with Crippen LogP contribution in [0.5, 0.6) is 0 Å². The summed E-state index contributed by atoms with van der Waals surface area (Å²) in [4.78, 5) is 2.38. The summed E-state index contributed by atoms with van der Waals surface area (Å²) < 4.78 is 2.39. The van der Waals surface area contributed by atoms with E-state index in [9.17, 15) is 0 Å². The van der Waals surface area contributed by atoms with Crippen molar-refractivity contribution >= 4 is 60.4 Å². The van der Waals surface area contributed by atoms with Gasteiger partial charge < -0.3 is 9.47 Å². The monoisotopic (exact) mass is 890 g/mol. The molecule has 0 fully saturated rings. The Morgan fingerprint density at radius 3 is 1.37 bits per heavy atom. The average molecular weight is 891 g/mol. The molecular formula is C68H46N2. The van der Waals surface area contributed by atoms with Gasteiger partial charge in [-0.15, -0.1) is 0 Å². The summed E-state index contributed by atoms with van der Waals surface area (Å²) >= 11 is 0. The van der Waals surface area contributed by atoms with Gasteiger partial charge in [0.1, 0.15) is 0 Å². The zero-order valence-electron chi connectivity index (χ0n) is 38.5. The fourth-order valence-electron chi connectivity index (χ4n) is 10.8. The van der Waals surface area contributed by atoms with E-state index >= 15 is 0 Å². The van der Waals surface area contributed by atoms with Crippen molar-refractivity contribution in [1.29, 1.82) is 0 Å². The van der Waals surface area contributed by atoms with Crippen molar-refractivity contribution in [1.82, 2.24) is 4.57 Å². The topological polar surface area (TPSA) is 8.17 Å². The SMILES string of the molecule is c1ccc(-c2cccc(N(c3ccc(-c4ccc5c(c4)c(-c4ccccc4)c(-c4ccccc4)c4ccccc45)cc3)c3ccc(-c4cccc5c4c4ccccc4n5-c4ccccc4)cc3)c2)cc1. The highest BCUT2D eigenvalue weighted by atomic mass is 15.1. The van der Waals surface area contributed by atoms with E-state index in [-0.39, 0.29) is 0 Å². The van der Waals surface area contributed by atoms with Gasteiger partial charge in [0.25, 0.3) is 0 Å². The number of para-hydroxylation sites is 2. The number of nitrogens with zero attached hydrogens (tertiary/aromatic N) is 2. The van der Waals surface area contributed by atoms with E-state index < -0.39 is 0 Å². The van der Waals surface area contributed by atoms with E-state index in [1.807, 2.05) is 0 Å². The standard InChI is InChI=1S/C68H46N2/c1-5-19-47(20-6-1)52-25-17-28-57(45-52)69(56-42-37-49(38-43-56)58-32-18-34-65-68(58)62-31-15-16-33-64(62)70(65)54-26-11-4-12-27-54)55-40-35-48(36-41-55)53-39-44-60-59-29-13-14-30-61(59)66(50-21-7-2-8-22-50)67(63(60)46-53)51-23-9-3-10-24-51/h1-46H. The lowest BCUT2D eigenvalue weighted by molar-refractivity contribution is 1.18. The second-order valence-electron chi connectivity index (χ2n) is 18.0. The second-order valence-corrected chi connectivity index (χ2v) is 18.0. The van der Waals surface area contributed by atoms with E-state index in [2.05, 4.69) is 289 Å². The largest absolute Gasteiger partial charge is 0.310 e. The molecule has 1 heterocycles. The molecule has 0 N–H and O–H groups in total. The lowest BCUT2D eigenvalue weighted by atomic mass is 9.84. The molecule has 328 valence electrons. The summed E-state index contributed by atoms with van der Waals surface area (Å²) in [6, 6.07) is 102. The molecular weight excluding hydrogens is 845 g/mol. The van der Waals surface area contributed by atoms with E-state index in [0.717, 1.165) is 28.3 Å². The van der Waals surface area contributed by atoms with Gasteiger partial charge in [-0.1, -0.05) is 212 Å². The van der Waals surface area contributed by atoms with Gasteiger partial charge in [0, 0.05) is 33.5 Å². The van der Waals surface area contributed by atoms with Crippen LogP contribution in [0.25, 0.3) is 105 Å². The number of aromatic nitrogens is 1. The molecule has 12 aromatic carbocycles. The van der Waals surface area contributed by atoms with Crippen LogP contribution in [0.4, 0.5) is 17.1 Å². The Hall–Kier alpha value is -9.24. The minimum absolute atomic E-state index is 1.08. The third kappa shape index (κ3) is 7.13. The second kappa shape index (κ2) is 17.4. The molecule has 13 rings (SSSR count). The molecule has 0 aliphatic heterocycles. The molecule has 0 bridgehead atoms. The molecule has 0 amide bonds. The Morgan fingerprint density at radius 1 is 0.243 bits per heavy atom. The van der Waals surface area contributed by atoms with Crippen LogP contribution in [0.1, 0.15) is 0 Å². The Balaban J connectivity index is 0.935. The highest BCUT2D eigenvalue weighted by Gasteiger charge is 2.20. The van der Waals surface area contributed by atoms with Crippen LogP contribution >= 0.6 is 0 Å². The average Bonchev–Trinajstić information content (AvgIpc) is 3.79. The van der Waals surface area contributed by atoms with Gasteiger partial charge in [0.05, 0.1) is 11.0 Å². The Morgan fingerprint density at radius 2 is 0.700 bits per heavy atom. The van der Waals surface area contributed by atoms with Crippen LogP contribution in [0.2, 0.25) is 0 Å². The van der Waals surface area contributed by atoms with Gasteiger partial charge in [-0.25, -0.2) is 0 Å². The van der Waals surface area contributed by atoms with Crippen LogP contribution in [0, 0.1) is 0 Å². The number of benzene rings is 12. The molecule has 0 aliphatic rings. The molecule has 0 aliphatic carbocycles. The fraction of sp³-hybridized carbons (Fsp3) is 0. The maximum absolute atomic E-state index is 2.41. The van der Waals surface area contributed by atoms with Gasteiger partial charge in [-0.2, -0.15) is 0 Å². The Kier molecular flexibility index (Phi) is 10.2. The summed E-state index contributed by atoms with van der Waals surface area (Å²) in [5.74, 6) is 0. The van der Waals surface area contributed by atoms with Gasteiger partial charge in [-0.3, -0.25) is 0 Å². The molecule has 0 unspecified atom stereocenters. The molecule has 1 aromatic heterocycles. The number of hydrogen-bond acceptors (Lipinski definition) is 1. The van der Waals surface area contributed by atoms with Crippen molar-refractivity contribution < 1.29 is 0 Å². The zero-order chi connectivity index (χ0) is 46.4. The quantitative estimate of drug-likeness (QED) is 0.131. The molecule has 2 nitrogen and oxygen atoms in total. The van der Waals surface area contributed by atoms with Crippen LogP contribution in [0.3, 0.4) is 0 Å². The van der Waals surface area contributed by atoms with Crippen molar-refractivity contribution in [3.05, 3.63) is 279 Å². The number of fused-ring (bicyclic) bond motifs is 6. The highest BCUT2D eigenvalue weighted by molar-refractivity contribution is 6.22. The first-order chi connectivity index (χ1) is 34.7. The minimum atomic E-state index is 1.08. The van der Waals surface area contributed by atoms with Crippen molar-refractivity contribution in [3.8, 4) is 61.3 Å². The van der Waals surface area contributed by atoms with E-state index in [0.29, 0.717) is 0 Å². The summed E-state index contributed by atoms with van der Waals surface area (Å²) in [7, 11) is 0. The summed E-state index contributed by atoms with van der Waals surface area (Å²) in [6.07, 6.45) is 0. The Bertz CT molecular complexity index is 4010. The maximum Gasteiger partial charge on any atom is 0.0547 e. The van der Waals surface area contributed by atoms with Crippen LogP contribution in [0.15, 0.2) is 279 Å². The molecule has 2 heteroatoms. The van der Waals surface area contributed by atoms with Crippen molar-refractivity contribution in [2.75, 3.05) is 4.90 Å². The number of anilines is 3. The van der Waals surface area contributed by atoms with Gasteiger partial charge in [0.2, 0.25) is 0 Å². The normalized spacial score (nSPS) is 11.4. The van der Waals surface area contributed by atoms with E-state index in [1.54, 1.807) is 0 Å². The third-order valence-corrected chi connectivity index (χ3v) is 14.0. The number of rotatable bonds is 9. The molecule has 0 spiro atoms. The van der Waals surface area contributed by atoms with Crippen molar-refractivity contribution in [2.45, 2.75) is 0 Å². The molecule has 0 atom stereocenters. The first-order valence-electron chi connectivity index (χ1n) is 24.1. The first-order valence-corrected chi connectivity index (χ1v) is 24.1. The predicted molar refractivity (Wildman–Crippen MR) is 298 cm³/mol. The summed E-state index contributed by atoms with van der Waals surface area (Å²) in [6.45, 7) is 0. The predicted octanol–water partition coefficient (Wildman–Crippen LogP) is 18.9. The Labute approximate surface area is 408 Å². The van der Waals surface area contributed by atoms with E-state index in [4.69, 9.17) is 0 Å². The molecule has 0 saturated heterocycles. The zero-order valence-corrected chi connectivity index (χ0v) is 38.5. The van der Waals surface area contributed by atoms with Crippen molar-refractivity contribution in [3.63, 3.8) is 0 Å². The third-order valence-electron chi connectivity index (χ3n) is 14.0. The first kappa shape index (κ1) is 41.0. The molecule has 0 radical (unpaired) electrons. The minimum Gasteiger partial charge on any atom is -0.310 e. The summed E-state index contributed by atoms with van der Waals surface area (Å²) in [5, 5.41) is 7.51. The van der Waals surface area contributed by atoms with Gasteiger partial charge in [0.15, 0.2) is 0 Å². The van der Waals surface area contributed by atoms with Crippen molar-refractivity contribution in [2.24, 2.45) is 0 Å². The number of hydrogen-bond donors (Lipinski definition) is 0. The molecule has 70 heavy (non-hydrogen) atoms. The smallest absolute Gasteiger partial charge is 0.0547 e. The summed E-state index contributed by atoms with van der Waals surface area (Å²) in [5.41, 5.74) is 18.8. The van der Waals surface area contributed by atoms with Crippen LogP contribution in [-0.4, -0.2) is 4.57 Å². The van der Waals surface area contributed by atoms with Crippen LogP contribution < -0.4 is 4.90 Å². The maximum atomic E-state index is 2.41. The highest BCUT2D eigenvalue weighted by Crippen LogP contribution is 2.46. The molecule has 13 aromatic rings. The van der Waals surface area contributed by atoms with Gasteiger partial charge in [-0.05, 0) is 144 Å². The van der Waals surface area contributed by atoms with E-state index in [1.165, 1.54) is 93.4 Å². The molecule has 0 saturated carbocycles. The fourth-order valence-corrected chi connectivity index (χ4v) is 10.8. The van der Waals surface area contributed by atoms with Crippen LogP contribution in [-0.2, 0) is 0 Å². The lowest BCUT2D eigenvalue weighted by Gasteiger charge is -2.26. The van der Waals surface area contributed by atoms with Gasteiger partial charge >= 0.3 is 0 Å². The lowest BCUT2D eigenvalue weighted by Crippen LogP contribution is -2.10.